The molecule has 2 fully saturated rings. The summed E-state index contributed by atoms with van der Waals surface area (Å²) >= 11 is 0. The average molecular weight is 640 g/mol. The van der Waals surface area contributed by atoms with Gasteiger partial charge in [0.25, 0.3) is 0 Å². The summed E-state index contributed by atoms with van der Waals surface area (Å²) in [6.07, 6.45) is 24.0. The highest BCUT2D eigenvalue weighted by molar-refractivity contribution is 7.67. The highest BCUT2D eigenvalue weighted by Gasteiger charge is 2.34. The summed E-state index contributed by atoms with van der Waals surface area (Å²) in [6.45, 7) is 2.36. The quantitative estimate of drug-likeness (QED) is 0.213. The topological polar surface area (TPSA) is 38.3 Å². The Morgan fingerprint density at radius 3 is 1.69 bits per heavy atom. The van der Waals surface area contributed by atoms with E-state index in [1.54, 1.807) is 5.30 Å². The number of benzene rings is 3. The first-order valence-corrected chi connectivity index (χ1v) is 21.0. The van der Waals surface area contributed by atoms with Crippen LogP contribution in [0.1, 0.15) is 131 Å². The Hall–Kier alpha value is -2.05. The molecule has 4 aliphatic rings. The third-order valence-corrected chi connectivity index (χ3v) is 16.4. The number of hydrogen-bond donors (Lipinski definition) is 1. The van der Waals surface area contributed by atoms with Crippen LogP contribution in [0.3, 0.4) is 0 Å². The summed E-state index contributed by atoms with van der Waals surface area (Å²) in [5.41, 5.74) is 11.4. The fourth-order valence-corrected chi connectivity index (χ4v) is 14.6. The van der Waals surface area contributed by atoms with E-state index in [9.17, 15) is 0 Å². The Bertz CT molecular complexity index is 1600. The Balaban J connectivity index is 1.22. The van der Waals surface area contributed by atoms with E-state index in [1.165, 1.54) is 141 Å². The molecular weight excluding hydrogens is 588 g/mol. The van der Waals surface area contributed by atoms with Crippen LogP contribution < -0.4 is 10.4 Å². The van der Waals surface area contributed by atoms with Crippen molar-refractivity contribution in [3.63, 3.8) is 0 Å². The van der Waals surface area contributed by atoms with Crippen molar-refractivity contribution in [2.24, 2.45) is 0 Å². The van der Waals surface area contributed by atoms with Crippen LogP contribution in [0.25, 0.3) is 21.9 Å². The minimum absolute atomic E-state index is 0.157. The summed E-state index contributed by atoms with van der Waals surface area (Å²) in [5, 5.41) is 8.31. The Morgan fingerprint density at radius 1 is 0.622 bits per heavy atom. The van der Waals surface area contributed by atoms with Crippen molar-refractivity contribution in [2.75, 3.05) is 5.09 Å². The molecule has 238 valence electrons. The van der Waals surface area contributed by atoms with Crippen LogP contribution in [-0.2, 0) is 25.7 Å². The first-order chi connectivity index (χ1) is 22.2. The largest absolute Gasteiger partial charge is 0.408 e. The fraction of sp³-hybridized carbons (Fsp3) is 0.550. The Morgan fingerprint density at radius 2 is 1.13 bits per heavy atom. The van der Waals surface area contributed by atoms with Crippen molar-refractivity contribution in [3.8, 4) is 0 Å². The molecule has 0 spiro atoms. The number of aryl methyl sites for hydroxylation is 4. The number of hydrogen-bond acceptors (Lipinski definition) is 3. The highest BCUT2D eigenvalue weighted by Crippen LogP contribution is 2.56. The van der Waals surface area contributed by atoms with Gasteiger partial charge in [0, 0.05) is 16.8 Å². The van der Waals surface area contributed by atoms with Crippen molar-refractivity contribution in [1.82, 2.24) is 0 Å². The van der Waals surface area contributed by atoms with Crippen LogP contribution in [-0.4, -0.2) is 11.3 Å². The van der Waals surface area contributed by atoms with Gasteiger partial charge in [-0.05, 0) is 141 Å². The zero-order chi connectivity index (χ0) is 30.2. The first-order valence-electron chi connectivity index (χ1n) is 18.3. The molecule has 45 heavy (non-hydrogen) atoms. The molecular formula is C40H51NO2P2. The molecule has 0 radical (unpaired) electrons. The van der Waals surface area contributed by atoms with Crippen LogP contribution in [0.5, 0.6) is 0 Å². The molecule has 3 nitrogen and oxygen atoms in total. The van der Waals surface area contributed by atoms with E-state index in [0.717, 1.165) is 35.3 Å². The molecule has 0 bridgehead atoms. The van der Waals surface area contributed by atoms with Crippen molar-refractivity contribution in [1.29, 1.82) is 0 Å². The van der Waals surface area contributed by atoms with Gasteiger partial charge < -0.3 is 8.39 Å². The van der Waals surface area contributed by atoms with Gasteiger partial charge in [0.2, 0.25) is 0 Å². The molecule has 0 saturated heterocycles. The van der Waals surface area contributed by atoms with Gasteiger partial charge in [-0.3, -0.25) is 0 Å². The van der Waals surface area contributed by atoms with E-state index >= 15 is 0 Å². The lowest BCUT2D eigenvalue weighted by molar-refractivity contribution is 0.487. The predicted molar refractivity (Wildman–Crippen MR) is 194 cm³/mol. The minimum Gasteiger partial charge on any atom is -0.408 e. The second-order valence-electron chi connectivity index (χ2n) is 14.4. The second-order valence-corrected chi connectivity index (χ2v) is 18.3. The van der Waals surface area contributed by atoms with Gasteiger partial charge in [0.1, 0.15) is 11.2 Å². The molecule has 0 aliphatic heterocycles. The van der Waals surface area contributed by atoms with Crippen molar-refractivity contribution >= 4 is 43.3 Å². The normalized spacial score (nSPS) is 20.3. The summed E-state index contributed by atoms with van der Waals surface area (Å²) in [5.74, 6) is 0. The minimum atomic E-state index is -1.36. The molecule has 0 unspecified atom stereocenters. The summed E-state index contributed by atoms with van der Waals surface area (Å²) in [7, 11) is -1.55. The molecule has 5 heteroatoms. The van der Waals surface area contributed by atoms with Crippen molar-refractivity contribution < 1.29 is 8.39 Å². The Kier molecular flexibility index (Phi) is 9.15. The van der Waals surface area contributed by atoms with Gasteiger partial charge in [-0.15, -0.1) is 0 Å². The summed E-state index contributed by atoms with van der Waals surface area (Å²) in [4.78, 5) is 0. The zero-order valence-electron chi connectivity index (χ0n) is 27.3. The molecule has 2 saturated carbocycles. The molecule has 1 N–H and O–H groups in total. The summed E-state index contributed by atoms with van der Waals surface area (Å²) < 4.78 is 13.9. The third-order valence-electron chi connectivity index (χ3n) is 11.5. The van der Waals surface area contributed by atoms with Gasteiger partial charge in [-0.25, -0.2) is 5.09 Å². The zero-order valence-corrected chi connectivity index (χ0v) is 29.1. The lowest BCUT2D eigenvalue weighted by Crippen LogP contribution is -2.29. The molecule has 4 aromatic rings. The van der Waals surface area contributed by atoms with E-state index in [4.69, 9.17) is 8.39 Å². The number of fused-ring (bicyclic) bond motifs is 7. The van der Waals surface area contributed by atoms with Gasteiger partial charge >= 0.3 is 8.16 Å². The van der Waals surface area contributed by atoms with Gasteiger partial charge in [0.15, 0.2) is 0 Å². The molecule has 1 atom stereocenters. The molecule has 0 amide bonds. The molecule has 4 aliphatic carbocycles. The standard InChI is InChI=1S/C40H51NO2P2/c1-28(33-20-12-13-23-38(33)44(31-16-4-2-5-17-31)32-18-6-3-7-19-32)41-45-42-36-26-24-29-14-8-10-21-34(29)39(36)40-35-22-11-9-15-30(35)25-27-37(40)43-45/h12-13,20,23-28,31-32,41H,2-11,14-19,21-22H2,1H3/t28-/m1/s1. The maximum Gasteiger partial charge on any atom is 0.307 e. The Labute approximate surface area is 272 Å². The van der Waals surface area contributed by atoms with Crippen LogP contribution in [0, 0.1) is 0 Å². The number of nitrogens with one attached hydrogen (secondary N) is 1. The predicted octanol–water partition coefficient (Wildman–Crippen LogP) is 12.1. The van der Waals surface area contributed by atoms with Crippen LogP contribution >= 0.6 is 16.1 Å². The van der Waals surface area contributed by atoms with Gasteiger partial charge in [-0.2, -0.15) is 0 Å². The smallest absolute Gasteiger partial charge is 0.307 e. The maximum absolute atomic E-state index is 6.96. The van der Waals surface area contributed by atoms with Gasteiger partial charge in [-0.1, -0.05) is 82.8 Å². The van der Waals surface area contributed by atoms with E-state index in [-0.39, 0.29) is 14.0 Å². The summed E-state index contributed by atoms with van der Waals surface area (Å²) in [6, 6.07) is 18.9. The lowest BCUT2D eigenvalue weighted by Gasteiger charge is -2.40. The third kappa shape index (κ3) is 6.08. The molecule has 1 heterocycles. The monoisotopic (exact) mass is 639 g/mol. The molecule has 8 rings (SSSR count). The lowest BCUT2D eigenvalue weighted by atomic mass is 9.84. The van der Waals surface area contributed by atoms with E-state index in [0.29, 0.717) is 0 Å². The van der Waals surface area contributed by atoms with Crippen molar-refractivity contribution in [2.45, 2.75) is 140 Å². The van der Waals surface area contributed by atoms with Crippen LogP contribution in [0.2, 0.25) is 0 Å². The van der Waals surface area contributed by atoms with Crippen molar-refractivity contribution in [3.05, 3.63) is 76.3 Å². The van der Waals surface area contributed by atoms with Crippen LogP contribution in [0.4, 0.5) is 0 Å². The molecule has 1 aromatic heterocycles. The average Bonchev–Trinajstić information content (AvgIpc) is 3.26. The van der Waals surface area contributed by atoms with Crippen LogP contribution in [0.15, 0.2) is 56.9 Å². The van der Waals surface area contributed by atoms with E-state index in [1.807, 2.05) is 0 Å². The van der Waals surface area contributed by atoms with E-state index < -0.39 is 8.16 Å². The number of rotatable bonds is 6. The SMILES string of the molecule is C[C@@H](Np1oc2ccc3c(c2c2c4c(ccc2o1)CCCC4)CCCC3)c1ccccc1P(C1CCCCC1)C1CCCCC1. The second kappa shape index (κ2) is 13.6. The molecule has 3 aromatic carbocycles. The highest BCUT2D eigenvalue weighted by atomic mass is 31.1. The van der Waals surface area contributed by atoms with E-state index in [2.05, 4.69) is 60.5 Å². The maximum atomic E-state index is 6.96. The fourth-order valence-electron chi connectivity index (χ4n) is 9.29. The first kappa shape index (κ1) is 30.3. The van der Waals surface area contributed by atoms with Gasteiger partial charge in [0.05, 0.1) is 0 Å².